The number of hydrazine groups is 1. The summed E-state index contributed by atoms with van der Waals surface area (Å²) in [5, 5.41) is 3.83. The van der Waals surface area contributed by atoms with Crippen LogP contribution in [0.25, 0.3) is 0 Å². The van der Waals surface area contributed by atoms with Crippen molar-refractivity contribution in [1.82, 2.24) is 15.3 Å². The van der Waals surface area contributed by atoms with Crippen LogP contribution in [0.15, 0.2) is 0 Å². The van der Waals surface area contributed by atoms with E-state index in [-0.39, 0.29) is 36.6 Å². The quantitative estimate of drug-likeness (QED) is 0.540. The first-order chi connectivity index (χ1) is 9.01. The smallest absolute Gasteiger partial charge is 0.275 e. The van der Waals surface area contributed by atoms with E-state index >= 15 is 0 Å². The minimum atomic E-state index is -0.700. The normalized spacial score (nSPS) is 26.5. The highest BCUT2D eigenvalue weighted by Gasteiger charge is 2.49. The molecule has 0 aromatic heterocycles. The third-order valence-corrected chi connectivity index (χ3v) is 4.20. The molecule has 19 heavy (non-hydrogen) atoms. The molecule has 1 N–H and O–H groups in total. The topological polar surface area (TPSA) is 86.8 Å². The van der Waals surface area contributed by atoms with Gasteiger partial charge in [-0.15, -0.1) is 0 Å². The van der Waals surface area contributed by atoms with Crippen molar-refractivity contribution in [2.45, 2.75) is 38.5 Å². The number of imide groups is 2. The van der Waals surface area contributed by atoms with Gasteiger partial charge in [0, 0.05) is 12.8 Å². The lowest BCUT2D eigenvalue weighted by Gasteiger charge is -2.39. The monoisotopic (exact) mass is 265 g/mol. The molecule has 0 bridgehead atoms. The number of rotatable bonds is 1. The van der Waals surface area contributed by atoms with Crippen molar-refractivity contribution >= 4 is 23.8 Å². The lowest BCUT2D eigenvalue weighted by Crippen LogP contribution is -2.56. The van der Waals surface area contributed by atoms with Crippen molar-refractivity contribution in [3.63, 3.8) is 0 Å². The second-order valence-corrected chi connectivity index (χ2v) is 5.57. The first kappa shape index (κ1) is 12.1. The first-order valence-electron chi connectivity index (χ1n) is 6.48. The predicted octanol–water partition coefficient (Wildman–Crippen LogP) is 0.163. The summed E-state index contributed by atoms with van der Waals surface area (Å²) in [6.45, 7) is -0.261. The molecule has 0 radical (unpaired) electrons. The molecule has 0 aromatic carbocycles. The van der Waals surface area contributed by atoms with Crippen LogP contribution in [-0.2, 0) is 14.4 Å². The van der Waals surface area contributed by atoms with Gasteiger partial charge in [0.2, 0.25) is 17.7 Å². The first-order valence-corrected chi connectivity index (χ1v) is 6.48. The fourth-order valence-corrected chi connectivity index (χ4v) is 3.33. The molecule has 2 aliphatic heterocycles. The Morgan fingerprint density at radius 2 is 1.53 bits per heavy atom. The Labute approximate surface area is 109 Å². The van der Waals surface area contributed by atoms with Crippen LogP contribution in [0.2, 0.25) is 0 Å². The van der Waals surface area contributed by atoms with Gasteiger partial charge in [0.1, 0.15) is 6.54 Å². The van der Waals surface area contributed by atoms with Gasteiger partial charge in [-0.2, -0.15) is 5.01 Å². The molecule has 2 saturated heterocycles. The molecule has 0 aromatic rings. The lowest BCUT2D eigenvalue weighted by atomic mass is 9.76. The maximum Gasteiger partial charge on any atom is 0.343 e. The molecule has 5 amide bonds. The van der Waals surface area contributed by atoms with E-state index in [1.54, 1.807) is 0 Å². The van der Waals surface area contributed by atoms with Crippen LogP contribution in [0.4, 0.5) is 4.79 Å². The molecule has 1 spiro atoms. The third-order valence-electron chi connectivity index (χ3n) is 4.20. The number of hydrogen-bond acceptors (Lipinski definition) is 4. The van der Waals surface area contributed by atoms with E-state index in [4.69, 9.17) is 0 Å². The van der Waals surface area contributed by atoms with E-state index in [2.05, 4.69) is 5.32 Å². The Bertz CT molecular complexity index is 461. The third kappa shape index (κ3) is 1.89. The molecule has 3 aliphatic rings. The standard InChI is InChI=1S/C12H15N3O4/c16-8-7-14(11(19)13-8)15-9(17)5-12(6-10(15)18)3-1-2-4-12/h1-7H2,(H,13,16,19). The summed E-state index contributed by atoms with van der Waals surface area (Å²) in [5.74, 6) is -1.24. The molecule has 0 atom stereocenters. The zero-order valence-corrected chi connectivity index (χ0v) is 10.5. The Morgan fingerprint density at radius 1 is 0.947 bits per heavy atom. The summed E-state index contributed by atoms with van der Waals surface area (Å²) in [7, 11) is 0. The van der Waals surface area contributed by atoms with Gasteiger partial charge >= 0.3 is 6.03 Å². The minimum Gasteiger partial charge on any atom is -0.275 e. The molecule has 7 nitrogen and oxygen atoms in total. The predicted molar refractivity (Wildman–Crippen MR) is 62.2 cm³/mol. The highest BCUT2D eigenvalue weighted by atomic mass is 16.2. The molecular formula is C12H15N3O4. The Balaban J connectivity index is 1.81. The van der Waals surface area contributed by atoms with Gasteiger partial charge in [-0.3, -0.25) is 19.7 Å². The number of hydrogen-bond donors (Lipinski definition) is 1. The molecule has 3 rings (SSSR count). The number of nitrogens with one attached hydrogen (secondary N) is 1. The van der Waals surface area contributed by atoms with Gasteiger partial charge < -0.3 is 0 Å². The van der Waals surface area contributed by atoms with Crippen LogP contribution in [0.3, 0.4) is 0 Å². The maximum absolute atomic E-state index is 12.2. The van der Waals surface area contributed by atoms with Crippen LogP contribution >= 0.6 is 0 Å². The van der Waals surface area contributed by atoms with Crippen molar-refractivity contribution in [2.75, 3.05) is 6.54 Å². The van der Waals surface area contributed by atoms with Gasteiger partial charge in [0.15, 0.2) is 0 Å². The molecule has 7 heteroatoms. The molecule has 1 aliphatic carbocycles. The van der Waals surface area contributed by atoms with E-state index in [1.807, 2.05) is 0 Å². The Morgan fingerprint density at radius 3 is 2.00 bits per heavy atom. The Kier molecular flexibility index (Phi) is 2.58. The number of carbonyl (C=O) groups is 4. The lowest BCUT2D eigenvalue weighted by molar-refractivity contribution is -0.167. The number of piperidine rings is 1. The summed E-state index contributed by atoms with van der Waals surface area (Å²) >= 11 is 0. The van der Waals surface area contributed by atoms with Crippen molar-refractivity contribution in [1.29, 1.82) is 0 Å². The maximum atomic E-state index is 12.2. The summed E-state index contributed by atoms with van der Waals surface area (Å²) in [5.41, 5.74) is -0.203. The number of amides is 5. The van der Waals surface area contributed by atoms with Gasteiger partial charge in [-0.1, -0.05) is 12.8 Å². The van der Waals surface area contributed by atoms with E-state index in [1.165, 1.54) is 0 Å². The highest BCUT2D eigenvalue weighted by molar-refractivity contribution is 6.06. The summed E-state index contributed by atoms with van der Waals surface area (Å²) < 4.78 is 0. The summed E-state index contributed by atoms with van der Waals surface area (Å²) in [4.78, 5) is 47.0. The van der Waals surface area contributed by atoms with Gasteiger partial charge in [0.05, 0.1) is 0 Å². The van der Waals surface area contributed by atoms with E-state index in [0.717, 1.165) is 35.7 Å². The van der Waals surface area contributed by atoms with Crippen LogP contribution in [-0.4, -0.2) is 40.3 Å². The van der Waals surface area contributed by atoms with Crippen LogP contribution in [0, 0.1) is 5.41 Å². The van der Waals surface area contributed by atoms with Crippen LogP contribution < -0.4 is 5.32 Å². The highest BCUT2D eigenvalue weighted by Crippen LogP contribution is 2.47. The number of urea groups is 1. The van der Waals surface area contributed by atoms with Crippen LogP contribution in [0.5, 0.6) is 0 Å². The largest absolute Gasteiger partial charge is 0.343 e. The summed E-state index contributed by atoms with van der Waals surface area (Å²) in [6, 6.07) is -0.700. The second-order valence-electron chi connectivity index (χ2n) is 5.57. The summed E-state index contributed by atoms with van der Waals surface area (Å²) in [6.07, 6.45) is 4.45. The zero-order valence-electron chi connectivity index (χ0n) is 10.5. The average molecular weight is 265 g/mol. The fraction of sp³-hybridized carbons (Fsp3) is 0.667. The van der Waals surface area contributed by atoms with E-state index in [9.17, 15) is 19.2 Å². The van der Waals surface area contributed by atoms with Gasteiger partial charge in [-0.25, -0.2) is 9.80 Å². The van der Waals surface area contributed by atoms with Crippen LogP contribution in [0.1, 0.15) is 38.5 Å². The SMILES string of the molecule is O=C1CN(N2C(=O)CC3(CCCC3)CC2=O)C(=O)N1. The van der Waals surface area contributed by atoms with Gasteiger partial charge in [-0.05, 0) is 18.3 Å². The number of nitrogens with zero attached hydrogens (tertiary/aromatic N) is 2. The molecule has 3 fully saturated rings. The van der Waals surface area contributed by atoms with Gasteiger partial charge in [0.25, 0.3) is 0 Å². The van der Waals surface area contributed by atoms with E-state index in [0.29, 0.717) is 0 Å². The average Bonchev–Trinajstić information content (AvgIpc) is 2.86. The van der Waals surface area contributed by atoms with Crippen molar-refractivity contribution in [3.05, 3.63) is 0 Å². The second kappa shape index (κ2) is 4.04. The number of carbonyl (C=O) groups excluding carboxylic acids is 4. The minimum absolute atomic E-state index is 0.203. The van der Waals surface area contributed by atoms with Crippen molar-refractivity contribution in [2.24, 2.45) is 5.41 Å². The van der Waals surface area contributed by atoms with Crippen molar-refractivity contribution < 1.29 is 19.2 Å². The van der Waals surface area contributed by atoms with E-state index < -0.39 is 11.9 Å². The molecule has 0 unspecified atom stereocenters. The van der Waals surface area contributed by atoms with Crippen molar-refractivity contribution in [3.8, 4) is 0 Å². The molecule has 102 valence electrons. The molecular weight excluding hydrogens is 250 g/mol. The molecule has 1 saturated carbocycles. The fourth-order valence-electron chi connectivity index (χ4n) is 3.33. The Hall–Kier alpha value is -1.92. The molecule has 2 heterocycles. The zero-order chi connectivity index (χ0) is 13.6.